The van der Waals surface area contributed by atoms with E-state index >= 15 is 0 Å². The van der Waals surface area contributed by atoms with Gasteiger partial charge in [0.15, 0.2) is 0 Å². The van der Waals surface area contributed by atoms with E-state index in [2.05, 4.69) is 24.9 Å². The zero-order chi connectivity index (χ0) is 10.0. The van der Waals surface area contributed by atoms with E-state index in [-0.39, 0.29) is 0 Å². The molecule has 2 aliphatic rings. The molecule has 1 atom stereocenters. The topological polar surface area (TPSA) is 3.24 Å². The van der Waals surface area contributed by atoms with Gasteiger partial charge in [-0.15, -0.1) is 0 Å². The third kappa shape index (κ3) is 2.03. The molecule has 2 fully saturated rings. The Bertz CT molecular complexity index is 231. The summed E-state index contributed by atoms with van der Waals surface area (Å²) >= 11 is 0. The Kier molecular flexibility index (Phi) is 2.96. The average Bonchev–Trinajstić information content (AvgIpc) is 2.44. The third-order valence-corrected chi connectivity index (χ3v) is 4.22. The number of hydrogen-bond donors (Lipinski definition) is 0. The van der Waals surface area contributed by atoms with Crippen molar-refractivity contribution in [2.24, 2.45) is 5.41 Å². The lowest BCUT2D eigenvalue weighted by Crippen LogP contribution is -2.24. The van der Waals surface area contributed by atoms with Crippen LogP contribution < -0.4 is 0 Å². The summed E-state index contributed by atoms with van der Waals surface area (Å²) in [5.41, 5.74) is 2.40. The van der Waals surface area contributed by atoms with E-state index in [0.717, 1.165) is 0 Å². The monoisotopic (exact) mass is 193 g/mol. The summed E-state index contributed by atoms with van der Waals surface area (Å²) < 4.78 is 0. The lowest BCUT2D eigenvalue weighted by atomic mass is 9.80. The molecule has 0 aromatic rings. The Morgan fingerprint density at radius 2 is 2.07 bits per heavy atom. The molecule has 1 heteroatoms. The van der Waals surface area contributed by atoms with Crippen LogP contribution in [0, 0.1) is 5.41 Å². The fraction of sp³-hybridized carbons (Fsp3) is 0.846. The van der Waals surface area contributed by atoms with Crippen LogP contribution in [0.1, 0.15) is 45.4 Å². The first-order chi connectivity index (χ1) is 6.74. The van der Waals surface area contributed by atoms with Crippen LogP contribution >= 0.6 is 0 Å². The highest BCUT2D eigenvalue weighted by Crippen LogP contribution is 2.43. The normalized spacial score (nSPS) is 38.0. The molecule has 1 spiro atoms. The smallest absolute Gasteiger partial charge is 0.00355 e. The van der Waals surface area contributed by atoms with Crippen molar-refractivity contribution in [2.75, 3.05) is 20.1 Å². The lowest BCUT2D eigenvalue weighted by Gasteiger charge is -2.26. The summed E-state index contributed by atoms with van der Waals surface area (Å²) in [7, 11) is 2.27. The van der Waals surface area contributed by atoms with E-state index < -0.39 is 0 Å². The van der Waals surface area contributed by atoms with Crippen molar-refractivity contribution < 1.29 is 0 Å². The van der Waals surface area contributed by atoms with Crippen molar-refractivity contribution >= 4 is 0 Å². The second-order valence-corrected chi connectivity index (χ2v) is 5.29. The predicted octanol–water partition coefficient (Wildman–Crippen LogP) is 3.22. The Labute approximate surface area is 88.2 Å². The molecular weight excluding hydrogens is 170 g/mol. The van der Waals surface area contributed by atoms with Gasteiger partial charge in [0, 0.05) is 6.54 Å². The molecule has 0 radical (unpaired) electrons. The van der Waals surface area contributed by atoms with Gasteiger partial charge >= 0.3 is 0 Å². The summed E-state index contributed by atoms with van der Waals surface area (Å²) in [6.07, 6.45) is 10.9. The van der Waals surface area contributed by atoms with E-state index in [1.165, 1.54) is 51.6 Å². The number of allylic oxidation sites excluding steroid dienone is 2. The fourth-order valence-electron chi connectivity index (χ4n) is 3.22. The quantitative estimate of drug-likeness (QED) is 0.534. The van der Waals surface area contributed by atoms with Crippen molar-refractivity contribution in [3.63, 3.8) is 0 Å². The van der Waals surface area contributed by atoms with Crippen LogP contribution in [0.15, 0.2) is 11.6 Å². The van der Waals surface area contributed by atoms with E-state index in [4.69, 9.17) is 0 Å². The molecule has 2 rings (SSSR count). The van der Waals surface area contributed by atoms with Crippen LogP contribution in [0.2, 0.25) is 0 Å². The van der Waals surface area contributed by atoms with E-state index in [1.807, 2.05) is 0 Å². The summed E-state index contributed by atoms with van der Waals surface area (Å²) in [5.74, 6) is 0. The summed E-state index contributed by atoms with van der Waals surface area (Å²) in [5, 5.41) is 0. The molecule has 1 nitrogen and oxygen atoms in total. The van der Waals surface area contributed by atoms with Crippen LogP contribution in [0.5, 0.6) is 0 Å². The molecule has 0 aromatic carbocycles. The summed E-state index contributed by atoms with van der Waals surface area (Å²) in [4.78, 5) is 2.51. The molecule has 1 saturated heterocycles. The summed E-state index contributed by atoms with van der Waals surface area (Å²) in [6.45, 7) is 4.88. The standard InChI is InChI=1S/C13H23N/c1-3-12-5-4-7-13(8-6-12)9-10-14(2)11-13/h3H,4-11H2,1-2H3. The Morgan fingerprint density at radius 1 is 1.21 bits per heavy atom. The molecule has 1 aliphatic carbocycles. The van der Waals surface area contributed by atoms with Gasteiger partial charge in [-0.05, 0) is 64.5 Å². The van der Waals surface area contributed by atoms with Crippen LogP contribution in [-0.2, 0) is 0 Å². The van der Waals surface area contributed by atoms with E-state index in [1.54, 1.807) is 5.57 Å². The van der Waals surface area contributed by atoms with Crippen molar-refractivity contribution in [1.29, 1.82) is 0 Å². The maximum absolute atomic E-state index is 2.51. The zero-order valence-electron chi connectivity index (χ0n) is 9.68. The highest BCUT2D eigenvalue weighted by molar-refractivity contribution is 5.05. The number of rotatable bonds is 0. The second kappa shape index (κ2) is 4.06. The van der Waals surface area contributed by atoms with Gasteiger partial charge in [0.25, 0.3) is 0 Å². The van der Waals surface area contributed by atoms with Crippen molar-refractivity contribution in [3.05, 3.63) is 11.6 Å². The first-order valence-corrected chi connectivity index (χ1v) is 6.07. The molecule has 0 amide bonds. The van der Waals surface area contributed by atoms with Gasteiger partial charge < -0.3 is 4.90 Å². The highest BCUT2D eigenvalue weighted by atomic mass is 15.1. The van der Waals surface area contributed by atoms with Crippen LogP contribution in [0.3, 0.4) is 0 Å². The molecule has 0 bridgehead atoms. The minimum atomic E-state index is 0.694. The molecule has 1 unspecified atom stereocenters. The third-order valence-electron chi connectivity index (χ3n) is 4.22. The van der Waals surface area contributed by atoms with Gasteiger partial charge in [-0.25, -0.2) is 0 Å². The van der Waals surface area contributed by atoms with E-state index in [9.17, 15) is 0 Å². The van der Waals surface area contributed by atoms with Crippen LogP contribution in [-0.4, -0.2) is 25.0 Å². The number of likely N-dealkylation sites (tertiary alicyclic amines) is 1. The molecule has 14 heavy (non-hydrogen) atoms. The van der Waals surface area contributed by atoms with Crippen molar-refractivity contribution in [1.82, 2.24) is 4.90 Å². The molecule has 0 aromatic heterocycles. The van der Waals surface area contributed by atoms with Gasteiger partial charge in [0.05, 0.1) is 0 Å². The molecule has 0 N–H and O–H groups in total. The van der Waals surface area contributed by atoms with Crippen LogP contribution in [0.25, 0.3) is 0 Å². The van der Waals surface area contributed by atoms with Gasteiger partial charge in [-0.3, -0.25) is 0 Å². The van der Waals surface area contributed by atoms with Crippen LogP contribution in [0.4, 0.5) is 0 Å². The predicted molar refractivity (Wildman–Crippen MR) is 61.4 cm³/mol. The van der Waals surface area contributed by atoms with Gasteiger partial charge in [0.1, 0.15) is 0 Å². The largest absolute Gasteiger partial charge is 0.306 e. The Morgan fingerprint density at radius 3 is 2.71 bits per heavy atom. The van der Waals surface area contributed by atoms with E-state index in [0.29, 0.717) is 5.41 Å². The number of hydrogen-bond acceptors (Lipinski definition) is 1. The first-order valence-electron chi connectivity index (χ1n) is 6.07. The molecular formula is C13H23N. The Balaban J connectivity index is 2.01. The molecule has 80 valence electrons. The maximum atomic E-state index is 2.51. The van der Waals surface area contributed by atoms with Crippen molar-refractivity contribution in [3.8, 4) is 0 Å². The van der Waals surface area contributed by atoms with Gasteiger partial charge in [-0.2, -0.15) is 0 Å². The van der Waals surface area contributed by atoms with Gasteiger partial charge in [0.2, 0.25) is 0 Å². The zero-order valence-corrected chi connectivity index (χ0v) is 9.68. The second-order valence-electron chi connectivity index (χ2n) is 5.29. The fourth-order valence-corrected chi connectivity index (χ4v) is 3.22. The first kappa shape index (κ1) is 10.2. The molecule has 1 saturated carbocycles. The lowest BCUT2D eigenvalue weighted by molar-refractivity contribution is 0.247. The summed E-state index contributed by atoms with van der Waals surface area (Å²) in [6, 6.07) is 0. The SMILES string of the molecule is CC=C1CCCC2(CC1)CCN(C)C2. The minimum Gasteiger partial charge on any atom is -0.306 e. The average molecular weight is 193 g/mol. The minimum absolute atomic E-state index is 0.694. The number of nitrogens with zero attached hydrogens (tertiary/aromatic N) is 1. The molecule has 1 heterocycles. The van der Waals surface area contributed by atoms with Crippen molar-refractivity contribution in [2.45, 2.75) is 45.4 Å². The molecule has 1 aliphatic heterocycles. The Hall–Kier alpha value is -0.300. The maximum Gasteiger partial charge on any atom is 0.00355 e. The highest BCUT2D eigenvalue weighted by Gasteiger charge is 2.36. The van der Waals surface area contributed by atoms with Gasteiger partial charge in [-0.1, -0.05) is 11.6 Å².